The van der Waals surface area contributed by atoms with Crippen molar-refractivity contribution in [1.82, 2.24) is 25.8 Å². The number of β-amino-alcohol motifs (C(OH)–C–C–N with tert-alkyl or cyclic N) is 1. The minimum atomic E-state index is -1.32. The summed E-state index contributed by atoms with van der Waals surface area (Å²) in [5.41, 5.74) is 6.24. The third-order valence-electron chi connectivity index (χ3n) is 10.0. The number of hydrogen-bond acceptors (Lipinski definition) is 8. The van der Waals surface area contributed by atoms with Gasteiger partial charge in [-0.3, -0.25) is 24.1 Å². The Morgan fingerprint density at radius 1 is 0.960 bits per heavy atom. The molecule has 1 aromatic heterocycles. The molecule has 2 fully saturated rings. The van der Waals surface area contributed by atoms with Crippen LogP contribution >= 0.6 is 0 Å². The number of amides is 4. The van der Waals surface area contributed by atoms with E-state index in [1.807, 2.05) is 47.4 Å². The lowest BCUT2D eigenvalue weighted by Gasteiger charge is -2.47. The van der Waals surface area contributed by atoms with E-state index in [2.05, 4.69) is 20.9 Å². The van der Waals surface area contributed by atoms with Gasteiger partial charge in [0, 0.05) is 18.5 Å². The molecule has 2 aliphatic rings. The number of benzene rings is 2. The Bertz CT molecular complexity index is 1650. The fourth-order valence-electron chi connectivity index (χ4n) is 7.27. The van der Waals surface area contributed by atoms with Crippen molar-refractivity contribution in [2.45, 2.75) is 88.6 Å². The van der Waals surface area contributed by atoms with Crippen molar-refractivity contribution >= 4 is 34.5 Å². The van der Waals surface area contributed by atoms with E-state index in [0.717, 1.165) is 36.6 Å². The quantitative estimate of drug-likeness (QED) is 0.149. The van der Waals surface area contributed by atoms with Gasteiger partial charge in [-0.25, -0.2) is 4.98 Å². The Morgan fingerprint density at radius 2 is 1.66 bits per heavy atom. The van der Waals surface area contributed by atoms with E-state index >= 15 is 0 Å². The molecule has 12 nitrogen and oxygen atoms in total. The van der Waals surface area contributed by atoms with Gasteiger partial charge in [-0.1, -0.05) is 73.9 Å². The minimum Gasteiger partial charge on any atom is -0.394 e. The van der Waals surface area contributed by atoms with Gasteiger partial charge < -0.3 is 31.9 Å². The molecule has 0 radical (unpaired) electrons. The van der Waals surface area contributed by atoms with Gasteiger partial charge in [0.1, 0.15) is 11.7 Å². The standard InChI is InChI=1S/C38H50N6O6/c1-38(2,23-45)43-37(50)32-19-26-13-6-7-14-27(26)21-44(32)22-33(46)30(18-24-10-4-3-5-11-24)41-36(49)31(20-34(39)47)42-35(48)29-17-16-25-12-8-9-15-28(25)40-29/h3-5,8-12,15-17,26-27,30-33,45-46H,6-7,13-14,18-23H2,1-2H3,(H2,39,47)(H,41,49)(H,42,48)(H,43,50)/t26-,27-,30+,31+,32+,33-/m1/s1. The van der Waals surface area contributed by atoms with Gasteiger partial charge in [0.05, 0.1) is 42.3 Å². The van der Waals surface area contributed by atoms with Gasteiger partial charge in [-0.05, 0) is 62.6 Å². The molecule has 2 heterocycles. The molecular weight excluding hydrogens is 636 g/mol. The fourth-order valence-corrected chi connectivity index (χ4v) is 7.27. The van der Waals surface area contributed by atoms with Crippen molar-refractivity contribution in [3.8, 4) is 0 Å². The van der Waals surface area contributed by atoms with Gasteiger partial charge in [0.2, 0.25) is 17.7 Å². The van der Waals surface area contributed by atoms with Crippen LogP contribution in [-0.2, 0) is 20.8 Å². The van der Waals surface area contributed by atoms with E-state index in [0.29, 0.717) is 30.3 Å². The Morgan fingerprint density at radius 3 is 2.38 bits per heavy atom. The van der Waals surface area contributed by atoms with Crippen LogP contribution in [0, 0.1) is 11.8 Å². The first-order valence-corrected chi connectivity index (χ1v) is 17.6. The van der Waals surface area contributed by atoms with Gasteiger partial charge in [0.15, 0.2) is 0 Å². The summed E-state index contributed by atoms with van der Waals surface area (Å²) in [6, 6.07) is 17.3. The molecular formula is C38H50N6O6. The maximum absolute atomic E-state index is 13.8. The number of nitrogens with zero attached hydrogens (tertiary/aromatic N) is 2. The summed E-state index contributed by atoms with van der Waals surface area (Å²) >= 11 is 0. The molecule has 2 aromatic carbocycles. The molecule has 6 atom stereocenters. The lowest BCUT2D eigenvalue weighted by Crippen LogP contribution is -2.61. The fraction of sp³-hybridized carbons (Fsp3) is 0.500. The van der Waals surface area contributed by atoms with Crippen LogP contribution in [0.3, 0.4) is 0 Å². The zero-order chi connectivity index (χ0) is 35.8. The molecule has 5 rings (SSSR count). The number of nitrogens with two attached hydrogens (primary N) is 1. The van der Waals surface area contributed by atoms with E-state index in [1.165, 1.54) is 0 Å². The Hall–Kier alpha value is -4.39. The van der Waals surface area contributed by atoms with Crippen molar-refractivity contribution in [3.05, 3.63) is 78.0 Å². The average molecular weight is 687 g/mol. The van der Waals surface area contributed by atoms with Crippen LogP contribution in [0.4, 0.5) is 0 Å². The van der Waals surface area contributed by atoms with Crippen LogP contribution in [-0.4, -0.2) is 93.2 Å². The number of carbonyl (C=O) groups excluding carboxylic acids is 4. The molecule has 4 amide bonds. The number of fused-ring (bicyclic) bond motifs is 2. The van der Waals surface area contributed by atoms with Gasteiger partial charge >= 0.3 is 0 Å². The second-order valence-corrected chi connectivity index (χ2v) is 14.5. The first-order valence-electron chi connectivity index (χ1n) is 17.6. The smallest absolute Gasteiger partial charge is 0.270 e. The normalized spacial score (nSPS) is 21.3. The SMILES string of the molecule is CC(C)(CO)NC(=O)[C@@H]1C[C@H]2CCCC[C@@H]2CN1C[C@@H](O)[C@H](Cc1ccccc1)NC(=O)[C@H](CC(N)=O)NC(=O)c1ccc2ccccc2n1. The number of primary amides is 1. The highest BCUT2D eigenvalue weighted by Crippen LogP contribution is 2.39. The van der Waals surface area contributed by atoms with Crippen LogP contribution in [0.1, 0.15) is 68.4 Å². The van der Waals surface area contributed by atoms with Crippen molar-refractivity contribution in [2.24, 2.45) is 17.6 Å². The van der Waals surface area contributed by atoms with Crippen molar-refractivity contribution in [3.63, 3.8) is 0 Å². The van der Waals surface area contributed by atoms with Crippen molar-refractivity contribution in [1.29, 1.82) is 0 Å². The molecule has 50 heavy (non-hydrogen) atoms. The number of aliphatic hydroxyl groups is 2. The second-order valence-electron chi connectivity index (χ2n) is 14.5. The third-order valence-corrected chi connectivity index (χ3v) is 10.0. The number of carbonyl (C=O) groups is 4. The Kier molecular flexibility index (Phi) is 12.2. The minimum absolute atomic E-state index is 0.0756. The predicted octanol–water partition coefficient (Wildman–Crippen LogP) is 2.06. The topological polar surface area (TPSA) is 187 Å². The second kappa shape index (κ2) is 16.5. The van der Waals surface area contributed by atoms with Crippen LogP contribution in [0.2, 0.25) is 0 Å². The maximum Gasteiger partial charge on any atom is 0.270 e. The van der Waals surface area contributed by atoms with E-state index in [-0.39, 0.29) is 31.2 Å². The number of nitrogens with one attached hydrogen (secondary N) is 3. The average Bonchev–Trinajstić information content (AvgIpc) is 3.10. The number of likely N-dealkylation sites (tertiary alicyclic amines) is 1. The highest BCUT2D eigenvalue weighted by molar-refractivity contribution is 5.99. The molecule has 268 valence electrons. The summed E-state index contributed by atoms with van der Waals surface area (Å²) in [5, 5.41) is 31.0. The van der Waals surface area contributed by atoms with Crippen LogP contribution in [0.25, 0.3) is 10.9 Å². The lowest BCUT2D eigenvalue weighted by molar-refractivity contribution is -0.134. The number of para-hydroxylation sites is 1. The molecule has 0 bridgehead atoms. The van der Waals surface area contributed by atoms with E-state index < -0.39 is 53.9 Å². The van der Waals surface area contributed by atoms with E-state index in [4.69, 9.17) is 5.73 Å². The molecule has 1 aliphatic heterocycles. The first-order chi connectivity index (χ1) is 23.9. The molecule has 3 aromatic rings. The van der Waals surface area contributed by atoms with Crippen LogP contribution < -0.4 is 21.7 Å². The number of rotatable bonds is 14. The van der Waals surface area contributed by atoms with E-state index in [9.17, 15) is 29.4 Å². The van der Waals surface area contributed by atoms with Crippen molar-refractivity contribution in [2.75, 3.05) is 19.7 Å². The van der Waals surface area contributed by atoms with Crippen LogP contribution in [0.5, 0.6) is 0 Å². The highest BCUT2D eigenvalue weighted by Gasteiger charge is 2.42. The summed E-state index contributed by atoms with van der Waals surface area (Å²) < 4.78 is 0. The molecule has 1 saturated heterocycles. The number of hydrogen-bond donors (Lipinski definition) is 6. The predicted molar refractivity (Wildman–Crippen MR) is 190 cm³/mol. The van der Waals surface area contributed by atoms with Crippen LogP contribution in [0.15, 0.2) is 66.7 Å². The first kappa shape index (κ1) is 36.9. The summed E-state index contributed by atoms with van der Waals surface area (Å²) in [4.78, 5) is 59.3. The number of aliphatic hydroxyl groups excluding tert-OH is 2. The molecule has 1 saturated carbocycles. The monoisotopic (exact) mass is 686 g/mol. The number of aromatic nitrogens is 1. The zero-order valence-corrected chi connectivity index (χ0v) is 28.9. The zero-order valence-electron chi connectivity index (χ0n) is 28.9. The highest BCUT2D eigenvalue weighted by atomic mass is 16.3. The summed E-state index contributed by atoms with van der Waals surface area (Å²) in [7, 11) is 0. The molecule has 0 unspecified atom stereocenters. The third kappa shape index (κ3) is 9.64. The molecule has 1 aliphatic carbocycles. The molecule has 0 spiro atoms. The Labute approximate surface area is 293 Å². The molecule has 12 heteroatoms. The summed E-state index contributed by atoms with van der Waals surface area (Å²) in [6.45, 7) is 4.04. The lowest BCUT2D eigenvalue weighted by atomic mass is 9.72. The largest absolute Gasteiger partial charge is 0.394 e. The van der Waals surface area contributed by atoms with Gasteiger partial charge in [0.25, 0.3) is 5.91 Å². The summed E-state index contributed by atoms with van der Waals surface area (Å²) in [6.07, 6.45) is 3.69. The number of piperidine rings is 1. The summed E-state index contributed by atoms with van der Waals surface area (Å²) in [5.74, 6) is -1.51. The van der Waals surface area contributed by atoms with E-state index in [1.54, 1.807) is 38.1 Å². The van der Waals surface area contributed by atoms with Gasteiger partial charge in [-0.15, -0.1) is 0 Å². The maximum atomic E-state index is 13.8. The van der Waals surface area contributed by atoms with Crippen molar-refractivity contribution < 1.29 is 29.4 Å². The molecule has 7 N–H and O–H groups in total. The Balaban J connectivity index is 1.36. The van der Waals surface area contributed by atoms with Gasteiger partial charge in [-0.2, -0.15) is 0 Å². The number of pyridine rings is 1.